The lowest BCUT2D eigenvalue weighted by atomic mass is 10.1. The highest BCUT2D eigenvalue weighted by molar-refractivity contribution is 5.98. The fourth-order valence-electron chi connectivity index (χ4n) is 2.72. The smallest absolute Gasteiger partial charge is 0.303 e. The van der Waals surface area contributed by atoms with E-state index >= 15 is 0 Å². The van der Waals surface area contributed by atoms with Crippen LogP contribution in [-0.4, -0.2) is 26.4 Å². The van der Waals surface area contributed by atoms with Crippen molar-refractivity contribution in [2.45, 2.75) is 58.9 Å². The second-order valence-electron chi connectivity index (χ2n) is 5.76. The van der Waals surface area contributed by atoms with E-state index in [0.717, 1.165) is 36.1 Å². The van der Waals surface area contributed by atoms with Crippen molar-refractivity contribution in [1.82, 2.24) is 9.55 Å². The summed E-state index contributed by atoms with van der Waals surface area (Å²) in [6.07, 6.45) is 4.21. The van der Waals surface area contributed by atoms with E-state index in [2.05, 4.69) is 16.5 Å². The highest BCUT2D eigenvalue weighted by Crippen LogP contribution is 2.21. The molecule has 124 valence electrons. The average Bonchev–Trinajstić information content (AvgIpc) is 2.88. The lowest BCUT2D eigenvalue weighted by Gasteiger charge is -2.08. The van der Waals surface area contributed by atoms with Crippen LogP contribution in [0.15, 0.2) is 18.2 Å². The van der Waals surface area contributed by atoms with E-state index in [1.165, 1.54) is 0 Å². The van der Waals surface area contributed by atoms with Crippen LogP contribution in [0.5, 0.6) is 0 Å². The number of ketones is 1. The molecule has 5 nitrogen and oxygen atoms in total. The van der Waals surface area contributed by atoms with E-state index in [-0.39, 0.29) is 12.2 Å². The Hall–Kier alpha value is -2.17. The first-order chi connectivity index (χ1) is 11.1. The number of aryl methyl sites for hydroxylation is 2. The SMILES string of the molecule is CCCCc1nc2cc(C(=O)CC)ccc2n1CCCC(=O)O. The molecule has 0 bridgehead atoms. The number of carboxylic acids is 1. The van der Waals surface area contributed by atoms with Crippen LogP contribution < -0.4 is 0 Å². The molecule has 0 aliphatic carbocycles. The van der Waals surface area contributed by atoms with Crippen molar-refractivity contribution in [2.75, 3.05) is 0 Å². The second kappa shape index (κ2) is 7.90. The zero-order chi connectivity index (χ0) is 16.8. The normalized spacial score (nSPS) is 11.0. The fourth-order valence-corrected chi connectivity index (χ4v) is 2.72. The molecule has 1 aromatic heterocycles. The molecule has 5 heteroatoms. The number of unbranched alkanes of at least 4 members (excludes halogenated alkanes) is 1. The third kappa shape index (κ3) is 4.18. The van der Waals surface area contributed by atoms with E-state index in [4.69, 9.17) is 5.11 Å². The number of carbonyl (C=O) groups is 2. The van der Waals surface area contributed by atoms with E-state index < -0.39 is 5.97 Å². The van der Waals surface area contributed by atoms with Crippen molar-refractivity contribution in [3.05, 3.63) is 29.6 Å². The number of aromatic nitrogens is 2. The van der Waals surface area contributed by atoms with E-state index in [0.29, 0.717) is 24.9 Å². The summed E-state index contributed by atoms with van der Waals surface area (Å²) in [6, 6.07) is 5.62. The minimum absolute atomic E-state index is 0.113. The van der Waals surface area contributed by atoms with Crippen molar-refractivity contribution >= 4 is 22.8 Å². The molecule has 0 aliphatic heterocycles. The van der Waals surface area contributed by atoms with E-state index in [1.807, 2.05) is 25.1 Å². The molecule has 1 aromatic carbocycles. The van der Waals surface area contributed by atoms with Gasteiger partial charge in [-0.2, -0.15) is 0 Å². The summed E-state index contributed by atoms with van der Waals surface area (Å²) < 4.78 is 2.11. The van der Waals surface area contributed by atoms with Crippen molar-refractivity contribution in [3.63, 3.8) is 0 Å². The predicted molar refractivity (Wildman–Crippen MR) is 89.8 cm³/mol. The molecule has 0 radical (unpaired) electrons. The van der Waals surface area contributed by atoms with Crippen molar-refractivity contribution in [3.8, 4) is 0 Å². The van der Waals surface area contributed by atoms with Gasteiger partial charge in [0.1, 0.15) is 5.82 Å². The molecule has 0 saturated carbocycles. The van der Waals surface area contributed by atoms with Gasteiger partial charge in [-0.3, -0.25) is 9.59 Å². The summed E-state index contributed by atoms with van der Waals surface area (Å²) in [5, 5.41) is 8.83. The Morgan fingerprint density at radius 1 is 1.22 bits per heavy atom. The molecule has 0 aliphatic rings. The van der Waals surface area contributed by atoms with Crippen LogP contribution in [0.2, 0.25) is 0 Å². The van der Waals surface area contributed by atoms with Gasteiger partial charge < -0.3 is 9.67 Å². The topological polar surface area (TPSA) is 72.2 Å². The Bertz CT molecular complexity index is 704. The number of imidazole rings is 1. The third-order valence-electron chi connectivity index (χ3n) is 4.00. The molecule has 0 fully saturated rings. The molecule has 2 rings (SSSR count). The molecule has 1 heterocycles. The van der Waals surface area contributed by atoms with Gasteiger partial charge in [-0.1, -0.05) is 20.3 Å². The van der Waals surface area contributed by atoms with Gasteiger partial charge in [0.25, 0.3) is 0 Å². The van der Waals surface area contributed by atoms with Crippen LogP contribution >= 0.6 is 0 Å². The molecular weight excluding hydrogens is 292 g/mol. The number of carboxylic acid groups (broad SMARTS) is 1. The summed E-state index contributed by atoms with van der Waals surface area (Å²) >= 11 is 0. The second-order valence-corrected chi connectivity index (χ2v) is 5.76. The molecule has 0 saturated heterocycles. The van der Waals surface area contributed by atoms with Gasteiger partial charge in [-0.15, -0.1) is 0 Å². The Labute approximate surface area is 136 Å². The highest BCUT2D eigenvalue weighted by atomic mass is 16.4. The Balaban J connectivity index is 2.35. The van der Waals surface area contributed by atoms with Crippen LogP contribution in [0.3, 0.4) is 0 Å². The van der Waals surface area contributed by atoms with Gasteiger partial charge >= 0.3 is 5.97 Å². The van der Waals surface area contributed by atoms with Crippen molar-refractivity contribution < 1.29 is 14.7 Å². The maximum atomic E-state index is 11.9. The first kappa shape index (κ1) is 17.2. The number of carbonyl (C=O) groups excluding carboxylic acids is 1. The number of Topliss-reactive ketones (excluding diaryl/α,β-unsaturated/α-hetero) is 1. The van der Waals surface area contributed by atoms with Gasteiger partial charge in [0, 0.05) is 31.4 Å². The van der Waals surface area contributed by atoms with Gasteiger partial charge in [-0.25, -0.2) is 4.98 Å². The van der Waals surface area contributed by atoms with Crippen LogP contribution in [0.4, 0.5) is 0 Å². The molecule has 0 amide bonds. The van der Waals surface area contributed by atoms with Gasteiger partial charge in [0.05, 0.1) is 11.0 Å². The summed E-state index contributed by atoms with van der Waals surface area (Å²) in [7, 11) is 0. The number of nitrogens with zero attached hydrogens (tertiary/aromatic N) is 2. The number of benzene rings is 1. The van der Waals surface area contributed by atoms with E-state index in [9.17, 15) is 9.59 Å². The summed E-state index contributed by atoms with van der Waals surface area (Å²) in [6.45, 7) is 4.63. The molecule has 1 N–H and O–H groups in total. The minimum atomic E-state index is -0.777. The van der Waals surface area contributed by atoms with Crippen molar-refractivity contribution in [2.24, 2.45) is 0 Å². The molecule has 0 atom stereocenters. The van der Waals surface area contributed by atoms with Gasteiger partial charge in [-0.05, 0) is 31.0 Å². The first-order valence-corrected chi connectivity index (χ1v) is 8.31. The van der Waals surface area contributed by atoms with Crippen LogP contribution in [-0.2, 0) is 17.8 Å². The zero-order valence-corrected chi connectivity index (χ0v) is 13.8. The number of fused-ring (bicyclic) bond motifs is 1. The minimum Gasteiger partial charge on any atom is -0.481 e. The Kier molecular flexibility index (Phi) is 5.90. The summed E-state index contributed by atoms with van der Waals surface area (Å²) in [4.78, 5) is 27.3. The lowest BCUT2D eigenvalue weighted by Crippen LogP contribution is -2.06. The predicted octanol–water partition coefficient (Wildman–Crippen LogP) is 3.84. The standard InChI is InChI=1S/C18H24N2O3/c1-3-5-7-17-19-14-12-13(16(21)4-2)9-10-15(14)20(17)11-6-8-18(22)23/h9-10,12H,3-8,11H2,1-2H3,(H,22,23). The molecule has 23 heavy (non-hydrogen) atoms. The molecule has 0 unspecified atom stereocenters. The zero-order valence-electron chi connectivity index (χ0n) is 13.8. The average molecular weight is 316 g/mol. The number of aliphatic carboxylic acids is 1. The Morgan fingerprint density at radius 2 is 2.00 bits per heavy atom. The fraction of sp³-hybridized carbons (Fsp3) is 0.500. The van der Waals surface area contributed by atoms with Crippen LogP contribution in [0.25, 0.3) is 11.0 Å². The first-order valence-electron chi connectivity index (χ1n) is 8.31. The quantitative estimate of drug-likeness (QED) is 0.713. The van der Waals surface area contributed by atoms with Crippen molar-refractivity contribution in [1.29, 1.82) is 0 Å². The lowest BCUT2D eigenvalue weighted by molar-refractivity contribution is -0.137. The van der Waals surface area contributed by atoms with Crippen LogP contribution in [0, 0.1) is 0 Å². The Morgan fingerprint density at radius 3 is 2.65 bits per heavy atom. The van der Waals surface area contributed by atoms with Crippen LogP contribution in [0.1, 0.15) is 62.1 Å². The molecular formula is C18H24N2O3. The van der Waals surface area contributed by atoms with Gasteiger partial charge in [0.2, 0.25) is 0 Å². The van der Waals surface area contributed by atoms with Gasteiger partial charge in [0.15, 0.2) is 5.78 Å². The van der Waals surface area contributed by atoms with E-state index in [1.54, 1.807) is 0 Å². The third-order valence-corrected chi connectivity index (χ3v) is 4.00. The molecule has 0 spiro atoms. The summed E-state index contributed by atoms with van der Waals surface area (Å²) in [5.74, 6) is 0.316. The number of rotatable bonds is 9. The molecule has 2 aromatic rings. The monoisotopic (exact) mass is 316 g/mol. The maximum Gasteiger partial charge on any atom is 0.303 e. The number of hydrogen-bond acceptors (Lipinski definition) is 3. The maximum absolute atomic E-state index is 11.9. The number of hydrogen-bond donors (Lipinski definition) is 1. The summed E-state index contributed by atoms with van der Waals surface area (Å²) in [5.41, 5.74) is 2.50. The highest BCUT2D eigenvalue weighted by Gasteiger charge is 2.13. The largest absolute Gasteiger partial charge is 0.481 e.